The van der Waals surface area contributed by atoms with E-state index < -0.39 is 0 Å². The summed E-state index contributed by atoms with van der Waals surface area (Å²) in [5, 5.41) is 5.88. The topological polar surface area (TPSA) is 69.6 Å². The summed E-state index contributed by atoms with van der Waals surface area (Å²) in [5.41, 5.74) is 1.81. The molecule has 6 nitrogen and oxygen atoms in total. The average Bonchev–Trinajstić information content (AvgIpc) is 3.26. The van der Waals surface area contributed by atoms with Gasteiger partial charge in [0.05, 0.1) is 20.7 Å². The lowest BCUT2D eigenvalue weighted by Crippen LogP contribution is -2.20. The lowest BCUT2D eigenvalue weighted by Gasteiger charge is -2.08. The number of aromatic nitrogens is 2. The van der Waals surface area contributed by atoms with Crippen LogP contribution >= 0.6 is 38.5 Å². The van der Waals surface area contributed by atoms with Gasteiger partial charge in [0, 0.05) is 9.86 Å². The van der Waals surface area contributed by atoms with Crippen LogP contribution in [-0.4, -0.2) is 22.5 Å². The predicted molar refractivity (Wildman–Crippen MR) is 147 cm³/mol. The van der Waals surface area contributed by atoms with Gasteiger partial charge in [0.1, 0.15) is 17.9 Å². The summed E-state index contributed by atoms with van der Waals surface area (Å²) in [7, 11) is 0. The van der Waals surface area contributed by atoms with Gasteiger partial charge in [-0.1, -0.05) is 40.7 Å². The van der Waals surface area contributed by atoms with E-state index in [-0.39, 0.29) is 5.56 Å². The largest absolute Gasteiger partial charge is 0.488 e. The van der Waals surface area contributed by atoms with E-state index in [0.717, 1.165) is 24.7 Å². The van der Waals surface area contributed by atoms with Crippen LogP contribution in [0.2, 0.25) is 0 Å². The molecule has 3 aromatic carbocycles. The zero-order chi connectivity index (χ0) is 23.7. The second-order valence-electron chi connectivity index (χ2n) is 7.40. The Morgan fingerprint density at radius 2 is 2.00 bits per heavy atom. The standard InChI is InChI=1S/C26H17BrIN3O3/c1-2-11-33-23-9-7-16(12-20(23)28)15-29-31-25(30-21-6-4-3-5-19(21)26(31)32)24-14-17-13-18(27)8-10-22(17)34-24/h2-10,12-15H,1,11H2. The Morgan fingerprint density at radius 3 is 2.82 bits per heavy atom. The molecule has 0 saturated heterocycles. The minimum atomic E-state index is -0.279. The number of para-hydroxylation sites is 1. The monoisotopic (exact) mass is 625 g/mol. The van der Waals surface area contributed by atoms with Crippen molar-refractivity contribution in [3.8, 4) is 17.3 Å². The normalized spacial score (nSPS) is 11.5. The van der Waals surface area contributed by atoms with Gasteiger partial charge >= 0.3 is 0 Å². The van der Waals surface area contributed by atoms with Crippen LogP contribution in [0.1, 0.15) is 5.56 Å². The Labute approximate surface area is 216 Å². The molecule has 8 heteroatoms. The summed E-state index contributed by atoms with van der Waals surface area (Å²) >= 11 is 5.69. The van der Waals surface area contributed by atoms with Crippen LogP contribution in [0.3, 0.4) is 0 Å². The van der Waals surface area contributed by atoms with Gasteiger partial charge in [0.25, 0.3) is 5.56 Å². The fraction of sp³-hybridized carbons (Fsp3) is 0.0385. The summed E-state index contributed by atoms with van der Waals surface area (Å²) in [5.74, 6) is 1.54. The van der Waals surface area contributed by atoms with Gasteiger partial charge in [0.2, 0.25) is 5.82 Å². The molecule has 0 N–H and O–H groups in total. The van der Waals surface area contributed by atoms with Gasteiger partial charge < -0.3 is 9.15 Å². The molecule has 0 aliphatic carbocycles. The third kappa shape index (κ3) is 4.43. The van der Waals surface area contributed by atoms with E-state index in [9.17, 15) is 4.79 Å². The summed E-state index contributed by atoms with van der Waals surface area (Å²) in [6.45, 7) is 4.10. The predicted octanol–water partition coefficient (Wildman–Crippen LogP) is 6.62. The molecular weight excluding hydrogens is 609 g/mol. The first-order chi connectivity index (χ1) is 16.5. The van der Waals surface area contributed by atoms with Crippen molar-refractivity contribution in [3.63, 3.8) is 0 Å². The van der Waals surface area contributed by atoms with Crippen molar-refractivity contribution in [2.24, 2.45) is 5.10 Å². The maximum atomic E-state index is 13.4. The van der Waals surface area contributed by atoms with Crippen molar-refractivity contribution in [3.05, 3.63) is 103 Å². The first kappa shape index (κ1) is 22.5. The van der Waals surface area contributed by atoms with Crippen molar-refractivity contribution >= 4 is 66.6 Å². The van der Waals surface area contributed by atoms with E-state index in [1.54, 1.807) is 24.4 Å². The van der Waals surface area contributed by atoms with Crippen LogP contribution in [0.4, 0.5) is 0 Å². The molecule has 2 heterocycles. The Hall–Kier alpha value is -3.24. The van der Waals surface area contributed by atoms with E-state index in [1.165, 1.54) is 4.68 Å². The average molecular weight is 626 g/mol. The highest BCUT2D eigenvalue weighted by Gasteiger charge is 2.16. The van der Waals surface area contributed by atoms with Crippen LogP contribution < -0.4 is 10.3 Å². The molecule has 0 radical (unpaired) electrons. The van der Waals surface area contributed by atoms with Gasteiger partial charge in [-0.15, -0.1) is 0 Å². The van der Waals surface area contributed by atoms with Gasteiger partial charge in [-0.05, 0) is 82.8 Å². The molecule has 5 aromatic rings. The number of benzene rings is 3. The summed E-state index contributed by atoms with van der Waals surface area (Å²) < 4.78 is 14.8. The highest BCUT2D eigenvalue weighted by atomic mass is 127. The highest BCUT2D eigenvalue weighted by molar-refractivity contribution is 14.1. The van der Waals surface area contributed by atoms with E-state index in [1.807, 2.05) is 54.6 Å². The second-order valence-corrected chi connectivity index (χ2v) is 9.47. The molecular formula is C26H17BrIN3O3. The molecule has 0 aliphatic heterocycles. The number of furan rings is 1. The van der Waals surface area contributed by atoms with E-state index in [0.29, 0.717) is 34.7 Å². The third-order valence-corrected chi connectivity index (χ3v) is 6.42. The third-order valence-electron chi connectivity index (χ3n) is 5.09. The lowest BCUT2D eigenvalue weighted by atomic mass is 10.2. The molecule has 0 unspecified atom stereocenters. The molecule has 0 spiro atoms. The van der Waals surface area contributed by atoms with Crippen molar-refractivity contribution in [2.45, 2.75) is 0 Å². The Bertz CT molecular complexity index is 1640. The maximum absolute atomic E-state index is 13.4. The van der Waals surface area contributed by atoms with Crippen LogP contribution in [0.25, 0.3) is 33.5 Å². The van der Waals surface area contributed by atoms with Crippen LogP contribution in [0.15, 0.2) is 98.2 Å². The van der Waals surface area contributed by atoms with Crippen LogP contribution in [0.5, 0.6) is 5.75 Å². The van der Waals surface area contributed by atoms with Crippen molar-refractivity contribution < 1.29 is 9.15 Å². The molecule has 2 aromatic heterocycles. The number of rotatable bonds is 6. The Morgan fingerprint density at radius 1 is 1.15 bits per heavy atom. The molecule has 0 fully saturated rings. The molecule has 0 amide bonds. The second kappa shape index (κ2) is 9.55. The zero-order valence-electron chi connectivity index (χ0n) is 17.7. The van der Waals surface area contributed by atoms with Gasteiger partial charge in [-0.2, -0.15) is 9.78 Å². The molecule has 168 valence electrons. The van der Waals surface area contributed by atoms with E-state index in [4.69, 9.17) is 14.1 Å². The zero-order valence-corrected chi connectivity index (χ0v) is 21.5. The molecule has 0 aliphatic rings. The Kier molecular flexibility index (Phi) is 6.34. The van der Waals surface area contributed by atoms with E-state index >= 15 is 0 Å². The number of ether oxygens (including phenoxy) is 1. The fourth-order valence-electron chi connectivity index (χ4n) is 3.50. The number of hydrogen-bond donors (Lipinski definition) is 0. The van der Waals surface area contributed by atoms with Crippen molar-refractivity contribution in [1.82, 2.24) is 9.66 Å². The molecule has 0 bridgehead atoms. The Balaban J connectivity index is 1.63. The minimum absolute atomic E-state index is 0.279. The number of fused-ring (bicyclic) bond motifs is 2. The smallest absolute Gasteiger partial charge is 0.282 e. The van der Waals surface area contributed by atoms with Crippen LogP contribution in [0, 0.1) is 3.57 Å². The molecule has 0 atom stereocenters. The number of halogens is 2. The summed E-state index contributed by atoms with van der Waals surface area (Å²) in [4.78, 5) is 18.1. The fourth-order valence-corrected chi connectivity index (χ4v) is 4.58. The minimum Gasteiger partial charge on any atom is -0.488 e. The molecule has 34 heavy (non-hydrogen) atoms. The summed E-state index contributed by atoms with van der Waals surface area (Å²) in [6, 6.07) is 20.5. The highest BCUT2D eigenvalue weighted by Crippen LogP contribution is 2.29. The van der Waals surface area contributed by atoms with Crippen molar-refractivity contribution in [2.75, 3.05) is 6.61 Å². The van der Waals surface area contributed by atoms with Crippen molar-refractivity contribution in [1.29, 1.82) is 0 Å². The quantitative estimate of drug-likeness (QED) is 0.121. The van der Waals surface area contributed by atoms with Gasteiger partial charge in [-0.3, -0.25) is 4.79 Å². The van der Waals surface area contributed by atoms with Gasteiger partial charge in [0.15, 0.2) is 5.76 Å². The number of hydrogen-bond acceptors (Lipinski definition) is 5. The maximum Gasteiger partial charge on any atom is 0.282 e. The van der Waals surface area contributed by atoms with Gasteiger partial charge in [-0.25, -0.2) is 4.98 Å². The number of nitrogens with zero attached hydrogens (tertiary/aromatic N) is 3. The summed E-state index contributed by atoms with van der Waals surface area (Å²) in [6.07, 6.45) is 3.32. The van der Waals surface area contributed by atoms with E-state index in [2.05, 4.69) is 50.2 Å². The molecule has 5 rings (SSSR count). The SMILES string of the molecule is C=CCOc1ccc(C=Nn2c(-c3cc4cc(Br)ccc4o3)nc3ccccc3c2=O)cc1I. The first-order valence-corrected chi connectivity index (χ1v) is 12.2. The first-order valence-electron chi connectivity index (χ1n) is 10.3. The van der Waals surface area contributed by atoms with Crippen LogP contribution in [-0.2, 0) is 0 Å². The molecule has 0 saturated carbocycles. The lowest BCUT2D eigenvalue weighted by molar-refractivity contribution is 0.360.